The van der Waals surface area contributed by atoms with Crippen molar-refractivity contribution >= 4 is 11.8 Å². The molecule has 114 valence electrons. The van der Waals surface area contributed by atoms with E-state index in [1.54, 1.807) is 0 Å². The molecule has 1 unspecified atom stereocenters. The van der Waals surface area contributed by atoms with Gasteiger partial charge in [0, 0.05) is 19.0 Å². The third kappa shape index (κ3) is 3.15. The molecule has 2 rings (SSSR count). The molecule has 4 nitrogen and oxygen atoms in total. The number of hydrogen-bond donors (Lipinski definition) is 1. The highest BCUT2D eigenvalue weighted by molar-refractivity contribution is 5.94. The number of rotatable bonds is 5. The zero-order valence-corrected chi connectivity index (χ0v) is 12.9. The predicted molar refractivity (Wildman–Crippen MR) is 79.3 cm³/mol. The molecule has 1 aliphatic carbocycles. The molecular weight excluding hydrogens is 252 g/mol. The molecule has 0 bridgehead atoms. The van der Waals surface area contributed by atoms with E-state index in [1.165, 1.54) is 12.8 Å². The van der Waals surface area contributed by atoms with Crippen LogP contribution in [0.25, 0.3) is 0 Å². The standard InChI is InChI=1S/C16H28N2O2/c1-3-4-5-8-13(2)18-12-9-14(19)17-16(15(18)20)10-6-7-11-16/h13H,3-12H2,1-2H3,(H,17,19). The lowest BCUT2D eigenvalue weighted by Gasteiger charge is -2.35. The van der Waals surface area contributed by atoms with Crippen molar-refractivity contribution in [3.63, 3.8) is 0 Å². The number of hydrogen-bond acceptors (Lipinski definition) is 2. The average Bonchev–Trinajstić information content (AvgIpc) is 2.83. The van der Waals surface area contributed by atoms with E-state index in [4.69, 9.17) is 0 Å². The Bertz CT molecular complexity index is 361. The molecule has 2 amide bonds. The SMILES string of the molecule is CCCCCC(C)N1CCC(=O)NC2(CCCC2)C1=O. The van der Waals surface area contributed by atoms with Crippen LogP contribution in [-0.2, 0) is 9.59 Å². The third-order valence-electron chi connectivity index (χ3n) is 4.84. The lowest BCUT2D eigenvalue weighted by atomic mass is 9.94. The van der Waals surface area contributed by atoms with Gasteiger partial charge in [-0.15, -0.1) is 0 Å². The zero-order chi connectivity index (χ0) is 14.6. The van der Waals surface area contributed by atoms with Crippen LogP contribution >= 0.6 is 0 Å². The summed E-state index contributed by atoms with van der Waals surface area (Å²) in [6.45, 7) is 4.91. The molecule has 2 fully saturated rings. The minimum Gasteiger partial charge on any atom is -0.342 e. The number of amides is 2. The van der Waals surface area contributed by atoms with Gasteiger partial charge >= 0.3 is 0 Å². The number of nitrogens with zero attached hydrogens (tertiary/aromatic N) is 1. The summed E-state index contributed by atoms with van der Waals surface area (Å²) < 4.78 is 0. The zero-order valence-electron chi connectivity index (χ0n) is 12.9. The van der Waals surface area contributed by atoms with E-state index in [0.717, 1.165) is 38.5 Å². The molecule has 0 aromatic rings. The number of carbonyl (C=O) groups excluding carboxylic acids is 2. The van der Waals surface area contributed by atoms with Crippen LogP contribution < -0.4 is 5.32 Å². The van der Waals surface area contributed by atoms with Crippen molar-refractivity contribution in [1.29, 1.82) is 0 Å². The van der Waals surface area contributed by atoms with Crippen molar-refractivity contribution in [2.45, 2.75) is 83.2 Å². The van der Waals surface area contributed by atoms with Gasteiger partial charge in [-0.2, -0.15) is 0 Å². The van der Waals surface area contributed by atoms with Crippen LogP contribution in [0.4, 0.5) is 0 Å². The highest BCUT2D eigenvalue weighted by Crippen LogP contribution is 2.33. The van der Waals surface area contributed by atoms with Gasteiger partial charge < -0.3 is 10.2 Å². The van der Waals surface area contributed by atoms with Gasteiger partial charge in [0.15, 0.2) is 0 Å². The quantitative estimate of drug-likeness (QED) is 0.787. The average molecular weight is 280 g/mol. The van der Waals surface area contributed by atoms with Crippen molar-refractivity contribution in [1.82, 2.24) is 10.2 Å². The summed E-state index contributed by atoms with van der Waals surface area (Å²) in [5.74, 6) is 0.216. The highest BCUT2D eigenvalue weighted by atomic mass is 16.2. The van der Waals surface area contributed by atoms with E-state index in [0.29, 0.717) is 13.0 Å². The van der Waals surface area contributed by atoms with Gasteiger partial charge in [0.25, 0.3) is 0 Å². The van der Waals surface area contributed by atoms with Crippen molar-refractivity contribution in [2.75, 3.05) is 6.54 Å². The fourth-order valence-electron chi connectivity index (χ4n) is 3.56. The first-order valence-electron chi connectivity index (χ1n) is 8.21. The van der Waals surface area contributed by atoms with Crippen LogP contribution in [0.2, 0.25) is 0 Å². The number of carbonyl (C=O) groups is 2. The van der Waals surface area contributed by atoms with Gasteiger partial charge in [0.2, 0.25) is 11.8 Å². The molecule has 1 saturated heterocycles. The number of nitrogens with one attached hydrogen (secondary N) is 1. The third-order valence-corrected chi connectivity index (χ3v) is 4.84. The normalized spacial score (nSPS) is 23.8. The summed E-state index contributed by atoms with van der Waals surface area (Å²) in [5.41, 5.74) is -0.577. The predicted octanol–water partition coefficient (Wildman–Crippen LogP) is 2.62. The van der Waals surface area contributed by atoms with Crippen molar-refractivity contribution < 1.29 is 9.59 Å². The molecule has 1 N–H and O–H groups in total. The molecule has 1 aliphatic heterocycles. The topological polar surface area (TPSA) is 49.4 Å². The largest absolute Gasteiger partial charge is 0.342 e. The second-order valence-corrected chi connectivity index (χ2v) is 6.43. The monoisotopic (exact) mass is 280 g/mol. The van der Waals surface area contributed by atoms with Gasteiger partial charge in [0.1, 0.15) is 5.54 Å². The molecule has 1 saturated carbocycles. The first-order chi connectivity index (χ1) is 9.59. The second-order valence-electron chi connectivity index (χ2n) is 6.43. The minimum absolute atomic E-state index is 0.0449. The van der Waals surface area contributed by atoms with Crippen LogP contribution in [0.5, 0.6) is 0 Å². The van der Waals surface area contributed by atoms with E-state index < -0.39 is 5.54 Å². The smallest absolute Gasteiger partial charge is 0.248 e. The van der Waals surface area contributed by atoms with E-state index in [1.807, 2.05) is 4.90 Å². The Hall–Kier alpha value is -1.06. The Balaban J connectivity index is 2.07. The van der Waals surface area contributed by atoms with Crippen LogP contribution in [0.1, 0.15) is 71.6 Å². The molecule has 20 heavy (non-hydrogen) atoms. The minimum atomic E-state index is -0.577. The summed E-state index contributed by atoms with van der Waals surface area (Å²) in [7, 11) is 0. The van der Waals surface area contributed by atoms with Crippen molar-refractivity contribution in [3.05, 3.63) is 0 Å². The maximum atomic E-state index is 12.9. The van der Waals surface area contributed by atoms with Crippen LogP contribution in [-0.4, -0.2) is 34.8 Å². The number of unbranched alkanes of at least 4 members (excludes halogenated alkanes) is 2. The van der Waals surface area contributed by atoms with Crippen LogP contribution in [0, 0.1) is 0 Å². The van der Waals surface area contributed by atoms with Gasteiger partial charge in [-0.1, -0.05) is 39.0 Å². The van der Waals surface area contributed by atoms with Gasteiger partial charge in [0.05, 0.1) is 0 Å². The molecule has 0 aromatic heterocycles. The summed E-state index contributed by atoms with van der Waals surface area (Å²) in [6, 6.07) is 0.249. The van der Waals surface area contributed by atoms with E-state index in [2.05, 4.69) is 19.2 Å². The van der Waals surface area contributed by atoms with E-state index in [9.17, 15) is 9.59 Å². The first kappa shape index (κ1) is 15.3. The van der Waals surface area contributed by atoms with Crippen molar-refractivity contribution in [3.8, 4) is 0 Å². The molecule has 1 spiro atoms. The van der Waals surface area contributed by atoms with Gasteiger partial charge in [-0.05, 0) is 26.2 Å². The molecule has 4 heteroatoms. The Labute approximate surface area is 122 Å². The molecule has 0 aromatic carbocycles. The second kappa shape index (κ2) is 6.59. The maximum Gasteiger partial charge on any atom is 0.248 e. The summed E-state index contributed by atoms with van der Waals surface area (Å²) in [4.78, 5) is 26.8. The lowest BCUT2D eigenvalue weighted by molar-refractivity contribution is -0.140. The van der Waals surface area contributed by atoms with Gasteiger partial charge in [-0.25, -0.2) is 0 Å². The Morgan fingerprint density at radius 2 is 1.95 bits per heavy atom. The summed E-state index contributed by atoms with van der Waals surface area (Å²) in [5, 5.41) is 3.03. The summed E-state index contributed by atoms with van der Waals surface area (Å²) >= 11 is 0. The maximum absolute atomic E-state index is 12.9. The fourth-order valence-corrected chi connectivity index (χ4v) is 3.56. The first-order valence-corrected chi connectivity index (χ1v) is 8.21. The van der Waals surface area contributed by atoms with Gasteiger partial charge in [-0.3, -0.25) is 9.59 Å². The Morgan fingerprint density at radius 3 is 2.60 bits per heavy atom. The Kier molecular flexibility index (Phi) is 5.06. The molecule has 0 radical (unpaired) electrons. The molecular formula is C16H28N2O2. The van der Waals surface area contributed by atoms with Crippen LogP contribution in [0.15, 0.2) is 0 Å². The van der Waals surface area contributed by atoms with E-state index in [-0.39, 0.29) is 17.9 Å². The molecule has 2 aliphatic rings. The molecule has 1 heterocycles. The molecule has 1 atom stereocenters. The lowest BCUT2D eigenvalue weighted by Crippen LogP contribution is -2.56. The summed E-state index contributed by atoms with van der Waals surface area (Å²) in [6.07, 6.45) is 8.80. The fraction of sp³-hybridized carbons (Fsp3) is 0.875. The highest BCUT2D eigenvalue weighted by Gasteiger charge is 2.47. The Morgan fingerprint density at radius 1 is 1.25 bits per heavy atom. The van der Waals surface area contributed by atoms with Crippen molar-refractivity contribution in [2.24, 2.45) is 0 Å². The van der Waals surface area contributed by atoms with E-state index >= 15 is 0 Å². The van der Waals surface area contributed by atoms with Crippen LogP contribution in [0.3, 0.4) is 0 Å².